The largest absolute Gasteiger partial charge is 0.456 e. The van der Waals surface area contributed by atoms with E-state index in [1.807, 2.05) is 36.9 Å². The number of furan rings is 1. The average Bonchev–Trinajstić information content (AvgIpc) is 3.63. The van der Waals surface area contributed by atoms with Gasteiger partial charge in [-0.05, 0) is 64.7 Å². The van der Waals surface area contributed by atoms with Crippen LogP contribution in [-0.2, 0) is 0 Å². The summed E-state index contributed by atoms with van der Waals surface area (Å²) in [7, 11) is 0. The molecule has 0 unspecified atom stereocenters. The number of hydrogen-bond donors (Lipinski definition) is 0. The van der Waals surface area contributed by atoms with E-state index in [2.05, 4.69) is 93.2 Å². The molecule has 0 atom stereocenters. The highest BCUT2D eigenvalue weighted by molar-refractivity contribution is 6.24. The molecule has 0 spiro atoms. The van der Waals surface area contributed by atoms with E-state index in [1.54, 1.807) is 0 Å². The maximum absolute atomic E-state index is 6.12. The molecule has 0 bridgehead atoms. The summed E-state index contributed by atoms with van der Waals surface area (Å²) in [6.07, 6.45) is 7.65. The van der Waals surface area contributed by atoms with Crippen LogP contribution in [-0.4, -0.2) is 14.4 Å². The summed E-state index contributed by atoms with van der Waals surface area (Å²) in [6, 6.07) is 32.4. The van der Waals surface area contributed by atoms with Gasteiger partial charge in [0.15, 0.2) is 0 Å². The van der Waals surface area contributed by atoms with Crippen molar-refractivity contribution in [3.8, 4) is 22.3 Å². The zero-order valence-electron chi connectivity index (χ0n) is 20.2. The van der Waals surface area contributed by atoms with Crippen LogP contribution in [0.1, 0.15) is 0 Å². The first-order valence-electron chi connectivity index (χ1n) is 12.7. The molecule has 176 valence electrons. The Hall–Kier alpha value is -5.22. The molecule has 0 N–H and O–H groups in total. The number of rotatable bonds is 2. The summed E-state index contributed by atoms with van der Waals surface area (Å²) in [5, 5.41) is 7.21. The molecule has 5 aromatic heterocycles. The number of hydrogen-bond acceptors (Lipinski definition) is 3. The van der Waals surface area contributed by atoms with Gasteiger partial charge in [0.2, 0.25) is 0 Å². The van der Waals surface area contributed by atoms with E-state index in [1.165, 1.54) is 43.8 Å². The Balaban J connectivity index is 1.21. The maximum atomic E-state index is 6.12. The number of aromatic nitrogens is 3. The molecule has 4 heteroatoms. The van der Waals surface area contributed by atoms with E-state index in [0.29, 0.717) is 0 Å². The highest BCUT2D eigenvalue weighted by Crippen LogP contribution is 2.41. The SMILES string of the molecule is c1ccc2c(c1)oc1cc(-c3ccc(-c4cc5c6ccncc6n6c7cnccc7c(c4)c56)cc3)ccc12. The Morgan fingerprint density at radius 2 is 1.08 bits per heavy atom. The summed E-state index contributed by atoms with van der Waals surface area (Å²) in [5.41, 5.74) is 10.0. The predicted octanol–water partition coefficient (Wildman–Crippen LogP) is 8.86. The molecule has 5 heterocycles. The number of fused-ring (bicyclic) bond motifs is 9. The molecule has 0 saturated heterocycles. The van der Waals surface area contributed by atoms with Crippen molar-refractivity contribution in [1.29, 1.82) is 0 Å². The van der Waals surface area contributed by atoms with Crippen LogP contribution in [0.5, 0.6) is 0 Å². The Bertz CT molecular complexity index is 2260. The zero-order chi connectivity index (χ0) is 24.8. The second kappa shape index (κ2) is 7.17. The Morgan fingerprint density at radius 3 is 1.79 bits per heavy atom. The lowest BCUT2D eigenvalue weighted by molar-refractivity contribution is 0.669. The summed E-state index contributed by atoms with van der Waals surface area (Å²) < 4.78 is 8.43. The Morgan fingerprint density at radius 1 is 0.474 bits per heavy atom. The van der Waals surface area contributed by atoms with Gasteiger partial charge in [0.1, 0.15) is 11.2 Å². The van der Waals surface area contributed by atoms with E-state index in [9.17, 15) is 0 Å². The van der Waals surface area contributed by atoms with E-state index in [4.69, 9.17) is 4.42 Å². The van der Waals surface area contributed by atoms with Gasteiger partial charge >= 0.3 is 0 Å². The number of benzene rings is 4. The molecule has 0 aliphatic heterocycles. The van der Waals surface area contributed by atoms with Crippen molar-refractivity contribution in [2.75, 3.05) is 0 Å². The van der Waals surface area contributed by atoms with Gasteiger partial charge < -0.3 is 8.82 Å². The fourth-order valence-electron chi connectivity index (χ4n) is 6.17. The quantitative estimate of drug-likeness (QED) is 0.246. The van der Waals surface area contributed by atoms with Crippen molar-refractivity contribution in [1.82, 2.24) is 14.4 Å². The lowest BCUT2D eigenvalue weighted by Crippen LogP contribution is -1.82. The third kappa shape index (κ3) is 2.58. The Kier molecular flexibility index (Phi) is 3.76. The van der Waals surface area contributed by atoms with Gasteiger partial charge in [-0.2, -0.15) is 0 Å². The molecule has 9 aromatic rings. The van der Waals surface area contributed by atoms with Gasteiger partial charge in [-0.15, -0.1) is 0 Å². The summed E-state index contributed by atoms with van der Waals surface area (Å²) in [4.78, 5) is 8.83. The molecule has 0 fully saturated rings. The minimum absolute atomic E-state index is 0.917. The first kappa shape index (κ1) is 19.9. The highest BCUT2D eigenvalue weighted by atomic mass is 16.3. The minimum Gasteiger partial charge on any atom is -0.456 e. The van der Waals surface area contributed by atoms with Gasteiger partial charge in [0, 0.05) is 44.7 Å². The van der Waals surface area contributed by atoms with Gasteiger partial charge in [0.25, 0.3) is 0 Å². The third-order valence-corrected chi connectivity index (χ3v) is 7.93. The second-order valence-electron chi connectivity index (χ2n) is 9.93. The van der Waals surface area contributed by atoms with Crippen LogP contribution >= 0.6 is 0 Å². The highest BCUT2D eigenvalue weighted by Gasteiger charge is 2.19. The van der Waals surface area contributed by atoms with Crippen LogP contribution in [0.3, 0.4) is 0 Å². The first-order chi connectivity index (χ1) is 18.8. The van der Waals surface area contributed by atoms with E-state index in [-0.39, 0.29) is 0 Å². The van der Waals surface area contributed by atoms with Crippen LogP contribution in [0.4, 0.5) is 0 Å². The smallest absolute Gasteiger partial charge is 0.136 e. The zero-order valence-corrected chi connectivity index (χ0v) is 20.2. The lowest BCUT2D eigenvalue weighted by Gasteiger charge is -2.07. The summed E-state index contributed by atoms with van der Waals surface area (Å²) in [5.74, 6) is 0. The van der Waals surface area contributed by atoms with E-state index < -0.39 is 0 Å². The van der Waals surface area contributed by atoms with Gasteiger partial charge in [-0.1, -0.05) is 48.5 Å². The fourth-order valence-corrected chi connectivity index (χ4v) is 6.17. The van der Waals surface area contributed by atoms with Gasteiger partial charge in [-0.25, -0.2) is 0 Å². The van der Waals surface area contributed by atoms with Crippen LogP contribution in [0.2, 0.25) is 0 Å². The molecule has 0 aliphatic rings. The van der Waals surface area contributed by atoms with Gasteiger partial charge in [0.05, 0.1) is 28.9 Å². The van der Waals surface area contributed by atoms with Crippen molar-refractivity contribution in [2.24, 2.45) is 0 Å². The molecule has 4 aromatic carbocycles. The number of para-hydroxylation sites is 1. The average molecular weight is 486 g/mol. The molecular weight excluding hydrogens is 466 g/mol. The van der Waals surface area contributed by atoms with Gasteiger partial charge in [-0.3, -0.25) is 9.97 Å². The second-order valence-corrected chi connectivity index (χ2v) is 9.93. The molecule has 0 aliphatic carbocycles. The van der Waals surface area contributed by atoms with Crippen molar-refractivity contribution in [3.63, 3.8) is 0 Å². The summed E-state index contributed by atoms with van der Waals surface area (Å²) in [6.45, 7) is 0. The standard InChI is InChI=1S/C34H19N3O/c1-2-4-32-26(3-1)27-10-9-22(17-33(27)38-32)20-5-7-21(8-6-20)23-15-28-24-11-13-35-18-30(24)37-31-19-36-14-12-25(31)29(16-23)34(28)37/h1-19H. The molecule has 0 saturated carbocycles. The molecule has 4 nitrogen and oxygen atoms in total. The van der Waals surface area contributed by atoms with Crippen LogP contribution in [0, 0.1) is 0 Å². The van der Waals surface area contributed by atoms with E-state index in [0.717, 1.165) is 38.5 Å². The summed E-state index contributed by atoms with van der Waals surface area (Å²) >= 11 is 0. The van der Waals surface area contributed by atoms with Crippen molar-refractivity contribution in [2.45, 2.75) is 0 Å². The van der Waals surface area contributed by atoms with Crippen LogP contribution in [0.15, 0.2) is 120 Å². The Labute approximate surface area is 216 Å². The van der Waals surface area contributed by atoms with Crippen LogP contribution in [0.25, 0.3) is 82.3 Å². The van der Waals surface area contributed by atoms with Crippen molar-refractivity contribution in [3.05, 3.63) is 116 Å². The fraction of sp³-hybridized carbons (Fsp3) is 0. The third-order valence-electron chi connectivity index (χ3n) is 7.93. The maximum Gasteiger partial charge on any atom is 0.136 e. The van der Waals surface area contributed by atoms with Crippen molar-refractivity contribution >= 4 is 60.0 Å². The lowest BCUT2D eigenvalue weighted by atomic mass is 9.97. The molecule has 0 amide bonds. The first-order valence-corrected chi connectivity index (χ1v) is 12.7. The number of nitrogens with zero attached hydrogens (tertiary/aromatic N) is 3. The molecule has 38 heavy (non-hydrogen) atoms. The topological polar surface area (TPSA) is 43.3 Å². The van der Waals surface area contributed by atoms with E-state index >= 15 is 0 Å². The predicted molar refractivity (Wildman–Crippen MR) is 155 cm³/mol. The van der Waals surface area contributed by atoms with Crippen molar-refractivity contribution < 1.29 is 4.42 Å². The number of pyridine rings is 2. The molecule has 0 radical (unpaired) electrons. The normalized spacial score (nSPS) is 12.2. The van der Waals surface area contributed by atoms with Crippen LogP contribution < -0.4 is 0 Å². The minimum atomic E-state index is 0.917. The molecule has 9 rings (SSSR count). The monoisotopic (exact) mass is 485 g/mol. The molecular formula is C34H19N3O.